The van der Waals surface area contributed by atoms with Crippen LogP contribution in [0, 0.1) is 12.7 Å². The molecule has 0 aliphatic heterocycles. The maximum Gasteiger partial charge on any atom is 0.416 e. The second-order valence-corrected chi connectivity index (χ2v) is 8.44. The second kappa shape index (κ2) is 9.56. The maximum absolute atomic E-state index is 14.6. The van der Waals surface area contributed by atoms with Crippen molar-refractivity contribution >= 4 is 11.6 Å². The number of hydrogen-bond acceptors (Lipinski definition) is 3. The Morgan fingerprint density at radius 3 is 2.29 bits per heavy atom. The average Bonchev–Trinajstić information content (AvgIpc) is 3.22. The summed E-state index contributed by atoms with van der Waals surface area (Å²) >= 11 is 6.05. The van der Waals surface area contributed by atoms with Crippen LogP contribution >= 0.6 is 11.6 Å². The molecule has 4 nitrogen and oxygen atoms in total. The third-order valence-corrected chi connectivity index (χ3v) is 5.75. The first-order valence-electron chi connectivity index (χ1n) is 10.5. The van der Waals surface area contributed by atoms with E-state index >= 15 is 0 Å². The van der Waals surface area contributed by atoms with Gasteiger partial charge < -0.3 is 4.98 Å². The highest BCUT2D eigenvalue weighted by molar-refractivity contribution is 6.30. The van der Waals surface area contributed by atoms with Gasteiger partial charge in [0.2, 0.25) is 0 Å². The number of aromatic amines is 1. The topological polar surface area (TPSA) is 53.6 Å². The molecule has 0 saturated heterocycles. The molecule has 0 bridgehead atoms. The van der Waals surface area contributed by atoms with Crippen molar-refractivity contribution in [3.05, 3.63) is 118 Å². The molecule has 0 spiro atoms. The van der Waals surface area contributed by atoms with Gasteiger partial charge in [-0.15, -0.1) is 0 Å². The summed E-state index contributed by atoms with van der Waals surface area (Å²) in [5.41, 5.74) is -0.354. The van der Waals surface area contributed by atoms with Gasteiger partial charge in [0.1, 0.15) is 11.6 Å². The normalized spacial score (nSPS) is 13.6. The molecule has 34 heavy (non-hydrogen) atoms. The summed E-state index contributed by atoms with van der Waals surface area (Å²) in [5, 5.41) is 3.73. The van der Waals surface area contributed by atoms with Crippen molar-refractivity contribution in [2.75, 3.05) is 0 Å². The fourth-order valence-corrected chi connectivity index (χ4v) is 4.05. The van der Waals surface area contributed by atoms with E-state index in [0.717, 1.165) is 23.4 Å². The second-order valence-electron chi connectivity index (χ2n) is 8.00. The van der Waals surface area contributed by atoms with Crippen LogP contribution in [0.1, 0.15) is 33.9 Å². The number of rotatable bonds is 7. The van der Waals surface area contributed by atoms with E-state index < -0.39 is 23.1 Å². The number of aryl methyl sites for hydroxylation is 1. The summed E-state index contributed by atoms with van der Waals surface area (Å²) in [7, 11) is 0. The minimum Gasteiger partial charge on any atom is -0.345 e. The number of nitrogens with one attached hydrogen (secondary N) is 2. The third kappa shape index (κ3) is 5.29. The molecule has 0 fully saturated rings. The smallest absolute Gasteiger partial charge is 0.345 e. The van der Waals surface area contributed by atoms with Gasteiger partial charge in [-0.2, -0.15) is 13.2 Å². The Balaban J connectivity index is 1.93. The predicted molar refractivity (Wildman–Crippen MR) is 122 cm³/mol. The van der Waals surface area contributed by atoms with Crippen LogP contribution in [-0.2, 0) is 24.7 Å². The summed E-state index contributed by atoms with van der Waals surface area (Å²) in [5.74, 6) is -0.296. The summed E-state index contributed by atoms with van der Waals surface area (Å²) in [4.78, 5) is 11.7. The number of aromatic nitrogens is 3. The molecule has 4 rings (SSSR count). The predicted octanol–water partition coefficient (Wildman–Crippen LogP) is 6.20. The lowest BCUT2D eigenvalue weighted by Gasteiger charge is -2.36. The van der Waals surface area contributed by atoms with Crippen LogP contribution < -0.4 is 5.32 Å². The van der Waals surface area contributed by atoms with Crippen molar-refractivity contribution in [2.24, 2.45) is 0 Å². The highest BCUT2D eigenvalue weighted by atomic mass is 35.5. The van der Waals surface area contributed by atoms with Crippen molar-refractivity contribution in [2.45, 2.75) is 31.6 Å². The molecule has 2 heterocycles. The van der Waals surface area contributed by atoms with Crippen LogP contribution in [0.5, 0.6) is 0 Å². The highest BCUT2D eigenvalue weighted by Crippen LogP contribution is 2.38. The van der Waals surface area contributed by atoms with Gasteiger partial charge in [-0.05, 0) is 48.4 Å². The van der Waals surface area contributed by atoms with Gasteiger partial charge in [-0.25, -0.2) is 9.37 Å². The van der Waals surface area contributed by atoms with Crippen LogP contribution in [0.15, 0.2) is 73.1 Å². The Kier molecular flexibility index (Phi) is 6.72. The molecule has 0 amide bonds. The molecule has 0 saturated carbocycles. The van der Waals surface area contributed by atoms with Crippen molar-refractivity contribution in [3.63, 3.8) is 0 Å². The van der Waals surface area contributed by atoms with Gasteiger partial charge in [0, 0.05) is 31.1 Å². The first-order valence-corrected chi connectivity index (χ1v) is 10.8. The number of alkyl halides is 3. The minimum atomic E-state index is -4.72. The first-order chi connectivity index (χ1) is 16.2. The monoisotopic (exact) mass is 488 g/mol. The van der Waals surface area contributed by atoms with E-state index in [9.17, 15) is 17.6 Å². The summed E-state index contributed by atoms with van der Waals surface area (Å²) < 4.78 is 55.5. The zero-order valence-electron chi connectivity index (χ0n) is 18.1. The Hall–Kier alpha value is -3.23. The highest BCUT2D eigenvalue weighted by Gasteiger charge is 2.39. The fourth-order valence-electron chi connectivity index (χ4n) is 3.93. The molecular weight excluding hydrogens is 468 g/mol. The standard InChI is InChI=1S/C25H21ClF4N4/c1-16-31-14-22(34-16)15-33-24(12-17-5-3-2-4-6-17,23-8-7-20(26)13-32-23)18-9-19(25(28,29)30)11-21(27)10-18/h2-11,13-14,33H,12,15H2,1H3,(H,31,34). The third-order valence-electron chi connectivity index (χ3n) is 5.53. The first kappa shape index (κ1) is 23.9. The number of nitrogens with zero attached hydrogens (tertiary/aromatic N) is 2. The number of pyridine rings is 1. The van der Waals surface area contributed by atoms with Gasteiger partial charge in [0.05, 0.1) is 21.8 Å². The van der Waals surface area contributed by atoms with E-state index in [4.69, 9.17) is 11.6 Å². The Morgan fingerprint density at radius 2 is 1.68 bits per heavy atom. The van der Waals surface area contributed by atoms with Gasteiger partial charge in [-0.1, -0.05) is 41.9 Å². The van der Waals surface area contributed by atoms with E-state index in [1.807, 2.05) is 30.3 Å². The Labute approximate surface area is 199 Å². The average molecular weight is 489 g/mol. The molecule has 0 aliphatic rings. The Bertz CT molecular complexity index is 1260. The number of halogens is 5. The van der Waals surface area contributed by atoms with E-state index in [1.54, 1.807) is 25.3 Å². The SMILES string of the molecule is Cc1ncc(CNC(Cc2ccccc2)(c2cc(F)cc(C(F)(F)F)c2)c2ccc(Cl)cn2)[nH]1. The van der Waals surface area contributed by atoms with Crippen LogP contribution in [0.2, 0.25) is 5.02 Å². The number of benzene rings is 2. The van der Waals surface area contributed by atoms with Gasteiger partial charge in [0.15, 0.2) is 0 Å². The summed E-state index contributed by atoms with van der Waals surface area (Å²) in [6.45, 7) is 2.01. The van der Waals surface area contributed by atoms with E-state index in [1.165, 1.54) is 6.20 Å². The number of imidazole rings is 1. The maximum atomic E-state index is 14.6. The van der Waals surface area contributed by atoms with Crippen LogP contribution in [0.3, 0.4) is 0 Å². The van der Waals surface area contributed by atoms with Crippen molar-refractivity contribution < 1.29 is 17.6 Å². The summed E-state index contributed by atoms with van der Waals surface area (Å²) in [6, 6.07) is 15.0. The molecule has 1 unspecified atom stereocenters. The zero-order chi connectivity index (χ0) is 24.3. The van der Waals surface area contributed by atoms with Crippen LogP contribution in [0.4, 0.5) is 17.6 Å². The zero-order valence-corrected chi connectivity index (χ0v) is 18.9. The molecule has 0 radical (unpaired) electrons. The minimum absolute atomic E-state index is 0.0923. The molecule has 4 aromatic rings. The number of H-pyrrole nitrogens is 1. The molecule has 2 aromatic carbocycles. The van der Waals surface area contributed by atoms with Gasteiger partial charge >= 0.3 is 6.18 Å². The summed E-state index contributed by atoms with van der Waals surface area (Å²) in [6.07, 6.45) is -1.46. The fraction of sp³-hybridized carbons (Fsp3) is 0.200. The molecule has 176 valence electrons. The quantitative estimate of drug-likeness (QED) is 0.304. The van der Waals surface area contributed by atoms with Gasteiger partial charge in [0.25, 0.3) is 0 Å². The van der Waals surface area contributed by atoms with E-state index in [-0.39, 0.29) is 18.5 Å². The molecule has 1 atom stereocenters. The van der Waals surface area contributed by atoms with Crippen molar-refractivity contribution in [1.82, 2.24) is 20.3 Å². The Morgan fingerprint density at radius 1 is 0.941 bits per heavy atom. The van der Waals surface area contributed by atoms with Crippen LogP contribution in [0.25, 0.3) is 0 Å². The van der Waals surface area contributed by atoms with Crippen LogP contribution in [-0.4, -0.2) is 15.0 Å². The molecule has 2 N–H and O–H groups in total. The van der Waals surface area contributed by atoms with Crippen molar-refractivity contribution in [1.29, 1.82) is 0 Å². The molecular formula is C25H21ClF4N4. The lowest BCUT2D eigenvalue weighted by Crippen LogP contribution is -2.46. The van der Waals surface area contributed by atoms with Gasteiger partial charge in [-0.3, -0.25) is 10.3 Å². The molecule has 2 aromatic heterocycles. The largest absolute Gasteiger partial charge is 0.416 e. The molecule has 0 aliphatic carbocycles. The number of hydrogen-bond donors (Lipinski definition) is 2. The van der Waals surface area contributed by atoms with Crippen molar-refractivity contribution in [3.8, 4) is 0 Å². The molecule has 9 heteroatoms. The lowest BCUT2D eigenvalue weighted by atomic mass is 9.79. The van der Waals surface area contributed by atoms with E-state index in [2.05, 4.69) is 20.3 Å². The lowest BCUT2D eigenvalue weighted by molar-refractivity contribution is -0.137. The van der Waals surface area contributed by atoms with E-state index in [0.29, 0.717) is 22.6 Å².